The van der Waals surface area contributed by atoms with Crippen LogP contribution in [0.4, 0.5) is 5.69 Å². The summed E-state index contributed by atoms with van der Waals surface area (Å²) in [5.74, 6) is 0.559. The lowest BCUT2D eigenvalue weighted by atomic mass is 10.2. The average Bonchev–Trinajstić information content (AvgIpc) is 3.19. The van der Waals surface area contributed by atoms with Gasteiger partial charge in [0.1, 0.15) is 5.75 Å². The van der Waals surface area contributed by atoms with Crippen LogP contribution in [0.25, 0.3) is 0 Å². The fourth-order valence-electron chi connectivity index (χ4n) is 2.68. The van der Waals surface area contributed by atoms with E-state index in [1.54, 1.807) is 54.1 Å². The lowest BCUT2D eigenvalue weighted by molar-refractivity contribution is 0.103. The van der Waals surface area contributed by atoms with Gasteiger partial charge >= 0.3 is 6.01 Å². The van der Waals surface area contributed by atoms with Crippen molar-refractivity contribution in [1.82, 2.24) is 9.97 Å². The molecule has 0 saturated carbocycles. The van der Waals surface area contributed by atoms with E-state index in [0.717, 1.165) is 23.4 Å². The van der Waals surface area contributed by atoms with Gasteiger partial charge in [0, 0.05) is 23.0 Å². The number of rotatable bonds is 4. The molecular formula is C18H15N3O2S. The molecule has 1 N–H and O–H groups in total. The highest BCUT2D eigenvalue weighted by Crippen LogP contribution is 2.31. The maximum absolute atomic E-state index is 12.3. The summed E-state index contributed by atoms with van der Waals surface area (Å²) >= 11 is 1.60. The highest BCUT2D eigenvalue weighted by Gasteiger charge is 2.18. The van der Waals surface area contributed by atoms with Gasteiger partial charge < -0.3 is 10.1 Å². The summed E-state index contributed by atoms with van der Waals surface area (Å²) in [6.45, 7) is 0. The van der Waals surface area contributed by atoms with Crippen molar-refractivity contribution in [1.29, 1.82) is 0 Å². The van der Waals surface area contributed by atoms with E-state index >= 15 is 0 Å². The Morgan fingerprint density at radius 3 is 2.67 bits per heavy atom. The number of hydrogen-bond donors (Lipinski definition) is 1. The predicted molar refractivity (Wildman–Crippen MR) is 92.8 cm³/mol. The number of anilines is 1. The summed E-state index contributed by atoms with van der Waals surface area (Å²) in [6, 6.07) is 11.2. The number of nitrogens with zero attached hydrogens (tertiary/aromatic N) is 2. The third kappa shape index (κ3) is 3.14. The van der Waals surface area contributed by atoms with Crippen LogP contribution in [0.15, 0.2) is 48.8 Å². The fourth-order valence-corrected chi connectivity index (χ4v) is 3.83. The Labute approximate surface area is 143 Å². The Hall–Kier alpha value is -2.73. The van der Waals surface area contributed by atoms with Gasteiger partial charge in [-0.05, 0) is 61.2 Å². The van der Waals surface area contributed by atoms with Gasteiger partial charge in [0.15, 0.2) is 0 Å². The molecule has 0 aliphatic heterocycles. The van der Waals surface area contributed by atoms with Crippen LogP contribution in [0.5, 0.6) is 11.8 Å². The first kappa shape index (κ1) is 14.8. The zero-order valence-corrected chi connectivity index (χ0v) is 13.7. The van der Waals surface area contributed by atoms with Crippen molar-refractivity contribution in [2.75, 3.05) is 5.32 Å². The van der Waals surface area contributed by atoms with Gasteiger partial charge in [0.2, 0.25) is 0 Å². The maximum atomic E-state index is 12.3. The summed E-state index contributed by atoms with van der Waals surface area (Å²) in [6.07, 6.45) is 6.63. The van der Waals surface area contributed by atoms with E-state index in [2.05, 4.69) is 15.3 Å². The van der Waals surface area contributed by atoms with Gasteiger partial charge in [-0.15, -0.1) is 11.3 Å². The summed E-state index contributed by atoms with van der Waals surface area (Å²) in [5, 5.41) is 2.92. The number of nitrogens with one attached hydrogen (secondary N) is 1. The Kier molecular flexibility index (Phi) is 3.96. The number of aromatic nitrogens is 2. The molecule has 1 amide bonds. The van der Waals surface area contributed by atoms with E-state index in [9.17, 15) is 4.79 Å². The number of thiophene rings is 1. The van der Waals surface area contributed by atoms with Crippen molar-refractivity contribution in [2.24, 2.45) is 0 Å². The monoisotopic (exact) mass is 337 g/mol. The molecule has 1 aliphatic rings. The number of ether oxygens (including phenoxy) is 1. The lowest BCUT2D eigenvalue weighted by Gasteiger charge is -2.06. The molecule has 24 heavy (non-hydrogen) atoms. The van der Waals surface area contributed by atoms with E-state index in [4.69, 9.17) is 4.74 Å². The van der Waals surface area contributed by atoms with E-state index in [0.29, 0.717) is 11.8 Å². The van der Waals surface area contributed by atoms with Crippen LogP contribution < -0.4 is 10.1 Å². The predicted octanol–water partition coefficient (Wildman–Crippen LogP) is 4.07. The van der Waals surface area contributed by atoms with Gasteiger partial charge in [-0.25, -0.2) is 9.97 Å². The molecule has 0 atom stereocenters. The molecule has 5 nitrogen and oxygen atoms in total. The van der Waals surface area contributed by atoms with E-state index in [1.165, 1.54) is 16.9 Å². The van der Waals surface area contributed by atoms with Gasteiger partial charge in [0.05, 0.1) is 4.88 Å². The average molecular weight is 337 g/mol. The van der Waals surface area contributed by atoms with Crippen molar-refractivity contribution < 1.29 is 9.53 Å². The second kappa shape index (κ2) is 6.41. The first-order valence-corrected chi connectivity index (χ1v) is 8.57. The zero-order chi connectivity index (χ0) is 16.4. The van der Waals surface area contributed by atoms with Crippen LogP contribution >= 0.6 is 11.3 Å². The van der Waals surface area contributed by atoms with Gasteiger partial charge in [-0.2, -0.15) is 0 Å². The first-order valence-electron chi connectivity index (χ1n) is 7.76. The Morgan fingerprint density at radius 2 is 1.92 bits per heavy atom. The summed E-state index contributed by atoms with van der Waals surface area (Å²) in [5.41, 5.74) is 2.06. The minimum absolute atomic E-state index is 0.0607. The molecule has 2 heterocycles. The number of carbonyl (C=O) groups is 1. The molecule has 0 saturated heterocycles. The van der Waals surface area contributed by atoms with Crippen LogP contribution in [0, 0.1) is 0 Å². The summed E-state index contributed by atoms with van der Waals surface area (Å²) in [7, 11) is 0. The van der Waals surface area contributed by atoms with E-state index < -0.39 is 0 Å². The minimum Gasteiger partial charge on any atom is -0.424 e. The number of benzene rings is 1. The molecule has 0 radical (unpaired) electrons. The Bertz CT molecular complexity index is 838. The third-order valence-corrected chi connectivity index (χ3v) is 5.07. The molecule has 2 aromatic heterocycles. The fraction of sp³-hybridized carbons (Fsp3) is 0.167. The van der Waals surface area contributed by atoms with Crippen molar-refractivity contribution >= 4 is 22.9 Å². The van der Waals surface area contributed by atoms with Crippen molar-refractivity contribution in [3.63, 3.8) is 0 Å². The minimum atomic E-state index is -0.0607. The van der Waals surface area contributed by atoms with Crippen LogP contribution in [-0.2, 0) is 12.8 Å². The number of fused-ring (bicyclic) bond motifs is 1. The zero-order valence-electron chi connectivity index (χ0n) is 12.9. The molecule has 1 aliphatic carbocycles. The highest BCUT2D eigenvalue weighted by molar-refractivity contribution is 7.14. The first-order chi connectivity index (χ1) is 11.8. The van der Waals surface area contributed by atoms with Gasteiger partial charge in [-0.1, -0.05) is 0 Å². The van der Waals surface area contributed by atoms with Crippen molar-refractivity contribution in [2.45, 2.75) is 19.3 Å². The number of hydrogen-bond acceptors (Lipinski definition) is 5. The Morgan fingerprint density at radius 1 is 1.12 bits per heavy atom. The second-order valence-electron chi connectivity index (χ2n) is 5.52. The second-order valence-corrected chi connectivity index (χ2v) is 6.66. The normalized spacial score (nSPS) is 12.7. The standard InChI is InChI=1S/C18H15N3O2S/c22-17(16-11-12-3-1-4-15(12)24-16)21-13-5-7-14(8-6-13)23-18-19-9-2-10-20-18/h2,5-11H,1,3-4H2,(H,21,22). The molecule has 0 spiro atoms. The molecular weight excluding hydrogens is 322 g/mol. The SMILES string of the molecule is O=C(Nc1ccc(Oc2ncccn2)cc1)c1cc2c(s1)CCC2. The molecule has 0 fully saturated rings. The molecule has 6 heteroatoms. The molecule has 0 bridgehead atoms. The van der Waals surface area contributed by atoms with E-state index in [1.807, 2.05) is 6.07 Å². The number of carbonyl (C=O) groups excluding carboxylic acids is 1. The smallest absolute Gasteiger partial charge is 0.321 e. The molecule has 120 valence electrons. The van der Waals surface area contributed by atoms with Crippen molar-refractivity contribution in [3.8, 4) is 11.8 Å². The highest BCUT2D eigenvalue weighted by atomic mass is 32.1. The van der Waals surface area contributed by atoms with Crippen LogP contribution in [-0.4, -0.2) is 15.9 Å². The van der Waals surface area contributed by atoms with Crippen LogP contribution in [0.3, 0.4) is 0 Å². The Balaban J connectivity index is 1.42. The summed E-state index contributed by atoms with van der Waals surface area (Å²) < 4.78 is 5.53. The van der Waals surface area contributed by atoms with Crippen molar-refractivity contribution in [3.05, 3.63) is 64.1 Å². The molecule has 4 rings (SSSR count). The summed E-state index contributed by atoms with van der Waals surface area (Å²) in [4.78, 5) is 22.5. The molecule has 1 aromatic carbocycles. The van der Waals surface area contributed by atoms with Gasteiger partial charge in [-0.3, -0.25) is 4.79 Å². The van der Waals surface area contributed by atoms with E-state index in [-0.39, 0.29) is 5.91 Å². The van der Waals surface area contributed by atoms with Gasteiger partial charge in [0.25, 0.3) is 5.91 Å². The number of aryl methyl sites for hydroxylation is 2. The topological polar surface area (TPSA) is 64.1 Å². The van der Waals surface area contributed by atoms with Crippen LogP contribution in [0.2, 0.25) is 0 Å². The lowest BCUT2D eigenvalue weighted by Crippen LogP contribution is -2.10. The molecule has 3 aromatic rings. The number of amides is 1. The third-order valence-electron chi connectivity index (χ3n) is 3.83. The quantitative estimate of drug-likeness (QED) is 0.779. The van der Waals surface area contributed by atoms with Crippen LogP contribution in [0.1, 0.15) is 26.5 Å². The largest absolute Gasteiger partial charge is 0.424 e. The molecule has 0 unspecified atom stereocenters. The maximum Gasteiger partial charge on any atom is 0.321 e.